The first kappa shape index (κ1) is 22.8. The van der Waals surface area contributed by atoms with Crippen LogP contribution in [0, 0.1) is 23.7 Å². The number of nitrogens with two attached hydrogens (primary N) is 1. The maximum Gasteiger partial charge on any atom is 0.264 e. The van der Waals surface area contributed by atoms with E-state index in [2.05, 4.69) is 38.2 Å². The number of imide groups is 1. The van der Waals surface area contributed by atoms with Crippen molar-refractivity contribution in [2.45, 2.75) is 58.9 Å². The van der Waals surface area contributed by atoms with Crippen LogP contribution in [0.15, 0.2) is 12.2 Å². The molecule has 26 heavy (non-hydrogen) atoms. The third-order valence-electron chi connectivity index (χ3n) is 4.67. The molecule has 4 atom stereocenters. The van der Waals surface area contributed by atoms with Crippen LogP contribution in [0.2, 0.25) is 0 Å². The number of nitrogens with one attached hydrogen (secondary N) is 1. The molecule has 4 N–H and O–H groups in total. The summed E-state index contributed by atoms with van der Waals surface area (Å²) in [6, 6.07) is 0. The van der Waals surface area contributed by atoms with Gasteiger partial charge in [-0.25, -0.2) is 0 Å². The van der Waals surface area contributed by atoms with Crippen LogP contribution in [0.3, 0.4) is 0 Å². The van der Waals surface area contributed by atoms with Gasteiger partial charge >= 0.3 is 0 Å². The maximum absolute atomic E-state index is 11.3. The Morgan fingerprint density at radius 1 is 1.12 bits per heavy atom. The number of carbonyl (C=O) groups is 2. The van der Waals surface area contributed by atoms with Gasteiger partial charge in [0.2, 0.25) is 11.8 Å². The van der Waals surface area contributed by atoms with Crippen LogP contribution >= 0.6 is 0 Å². The van der Waals surface area contributed by atoms with E-state index in [0.717, 1.165) is 12.8 Å². The van der Waals surface area contributed by atoms with Crippen molar-refractivity contribution < 1.29 is 22.6 Å². The average Bonchev–Trinajstić information content (AvgIpc) is 3.12. The molecule has 2 bridgehead atoms. The zero-order chi connectivity index (χ0) is 20.1. The lowest BCUT2D eigenvalue weighted by molar-refractivity contribution is -0.126. The van der Waals surface area contributed by atoms with E-state index in [4.69, 9.17) is 10.3 Å². The highest BCUT2D eigenvalue weighted by molar-refractivity contribution is 7.85. The molecule has 0 aromatic heterocycles. The van der Waals surface area contributed by atoms with Crippen LogP contribution in [0.1, 0.15) is 53.4 Å². The number of amides is 2. The smallest absolute Gasteiger partial charge is 0.264 e. The maximum atomic E-state index is 11.3. The molecule has 0 radical (unpaired) electrons. The highest BCUT2D eigenvalue weighted by atomic mass is 32.2. The van der Waals surface area contributed by atoms with E-state index in [1.165, 1.54) is 6.42 Å². The van der Waals surface area contributed by atoms with Crippen molar-refractivity contribution >= 4 is 21.9 Å². The molecule has 0 aromatic rings. The van der Waals surface area contributed by atoms with Gasteiger partial charge in [0, 0.05) is 5.54 Å². The van der Waals surface area contributed by atoms with E-state index in [-0.39, 0.29) is 34.9 Å². The van der Waals surface area contributed by atoms with Gasteiger partial charge < -0.3 is 5.73 Å². The molecule has 4 unspecified atom stereocenters. The Hall–Kier alpha value is -1.25. The van der Waals surface area contributed by atoms with Crippen molar-refractivity contribution in [3.05, 3.63) is 12.2 Å². The highest BCUT2D eigenvalue weighted by Crippen LogP contribution is 2.50. The van der Waals surface area contributed by atoms with Crippen LogP contribution in [-0.2, 0) is 19.7 Å². The summed E-state index contributed by atoms with van der Waals surface area (Å²) in [4.78, 5) is 22.6. The molecule has 3 aliphatic rings. The second kappa shape index (κ2) is 9.10. The fourth-order valence-corrected chi connectivity index (χ4v) is 4.24. The number of rotatable bonds is 4. The minimum absolute atomic E-state index is 0.0347. The first-order chi connectivity index (χ1) is 11.9. The molecular weight excluding hydrogens is 356 g/mol. The van der Waals surface area contributed by atoms with E-state index in [1.54, 1.807) is 6.92 Å². The summed E-state index contributed by atoms with van der Waals surface area (Å²) in [7, 11) is -3.67. The van der Waals surface area contributed by atoms with Gasteiger partial charge in [-0.05, 0) is 44.9 Å². The number of fused-ring (bicyclic) bond motifs is 5. The minimum Gasteiger partial charge on any atom is -0.326 e. The van der Waals surface area contributed by atoms with Crippen molar-refractivity contribution in [2.75, 3.05) is 5.75 Å². The lowest BCUT2D eigenvalue weighted by atomic mass is 9.85. The Balaban J connectivity index is 0.000000212. The van der Waals surface area contributed by atoms with Crippen molar-refractivity contribution in [3.63, 3.8) is 0 Å². The minimum atomic E-state index is -3.67. The molecular formula is C18H32N2O5S. The van der Waals surface area contributed by atoms with Crippen LogP contribution in [0.4, 0.5) is 0 Å². The van der Waals surface area contributed by atoms with Crippen LogP contribution < -0.4 is 11.1 Å². The Kier molecular flexibility index (Phi) is 7.98. The molecule has 1 aliphatic heterocycles. The topological polar surface area (TPSA) is 127 Å². The fourth-order valence-electron chi connectivity index (χ4n) is 3.73. The average molecular weight is 389 g/mol. The number of allylic oxidation sites excluding steroid dienone is 2. The zero-order valence-electron chi connectivity index (χ0n) is 16.1. The molecule has 2 amide bonds. The van der Waals surface area contributed by atoms with Gasteiger partial charge in [0.15, 0.2) is 0 Å². The van der Waals surface area contributed by atoms with Gasteiger partial charge in [-0.15, -0.1) is 0 Å². The second-order valence-electron chi connectivity index (χ2n) is 7.88. The van der Waals surface area contributed by atoms with E-state index in [1.807, 2.05) is 0 Å². The normalized spacial score (nSPS) is 28.7. The predicted molar refractivity (Wildman–Crippen MR) is 101 cm³/mol. The first-order valence-corrected chi connectivity index (χ1v) is 10.8. The largest absolute Gasteiger partial charge is 0.326 e. The van der Waals surface area contributed by atoms with E-state index >= 15 is 0 Å². The molecule has 8 heteroatoms. The summed E-state index contributed by atoms with van der Waals surface area (Å²) in [5.41, 5.74) is 5.70. The van der Waals surface area contributed by atoms with E-state index < -0.39 is 10.1 Å². The van der Waals surface area contributed by atoms with Gasteiger partial charge in [0.1, 0.15) is 0 Å². The third kappa shape index (κ3) is 6.81. The second-order valence-corrected chi connectivity index (χ2v) is 9.45. The monoisotopic (exact) mass is 388 g/mol. The van der Waals surface area contributed by atoms with E-state index in [0.29, 0.717) is 18.3 Å². The molecule has 150 valence electrons. The summed E-state index contributed by atoms with van der Waals surface area (Å²) >= 11 is 0. The number of hydrogen-bond donors (Lipinski definition) is 3. The molecule has 2 fully saturated rings. The van der Waals surface area contributed by atoms with Crippen molar-refractivity contribution in [1.82, 2.24) is 5.32 Å². The first-order valence-electron chi connectivity index (χ1n) is 9.16. The quantitative estimate of drug-likeness (QED) is 0.383. The molecule has 7 nitrogen and oxygen atoms in total. The fraction of sp³-hybridized carbons (Fsp3) is 0.778. The summed E-state index contributed by atoms with van der Waals surface area (Å²) < 4.78 is 27.6. The van der Waals surface area contributed by atoms with Crippen LogP contribution in [0.25, 0.3) is 0 Å². The molecule has 2 aliphatic carbocycles. The molecule has 1 saturated carbocycles. The van der Waals surface area contributed by atoms with Gasteiger partial charge in [-0.2, -0.15) is 8.42 Å². The van der Waals surface area contributed by atoms with Crippen LogP contribution in [-0.4, -0.2) is 36.1 Å². The Bertz CT molecular complexity index is 608. The Labute approximate surface area is 156 Å². The predicted octanol–water partition coefficient (Wildman–Crippen LogP) is 1.89. The van der Waals surface area contributed by atoms with Gasteiger partial charge in [-0.1, -0.05) is 32.4 Å². The summed E-state index contributed by atoms with van der Waals surface area (Å²) in [5, 5.41) is 2.40. The van der Waals surface area contributed by atoms with Crippen molar-refractivity contribution in [2.24, 2.45) is 29.4 Å². The van der Waals surface area contributed by atoms with Crippen LogP contribution in [0.5, 0.6) is 0 Å². The van der Waals surface area contributed by atoms with E-state index in [9.17, 15) is 18.0 Å². The molecule has 1 saturated heterocycles. The summed E-state index contributed by atoms with van der Waals surface area (Å²) in [5.74, 6) is 0.370. The highest BCUT2D eigenvalue weighted by Gasteiger charge is 2.55. The van der Waals surface area contributed by atoms with Gasteiger partial charge in [0.25, 0.3) is 10.1 Å². The number of hydrogen-bond acceptors (Lipinski definition) is 5. The molecule has 1 heterocycles. The summed E-state index contributed by atoms with van der Waals surface area (Å²) in [6.07, 6.45) is 7.96. The zero-order valence-corrected chi connectivity index (χ0v) is 16.9. The Morgan fingerprint density at radius 2 is 1.58 bits per heavy atom. The van der Waals surface area contributed by atoms with Crippen molar-refractivity contribution in [1.29, 1.82) is 0 Å². The lowest BCUT2D eigenvalue weighted by Crippen LogP contribution is -2.31. The standard InChI is InChI=1S/C9H9NO2.C6H15N.C3H8O3S/c11-8-6-4-1-2-5(3-4)7(6)9(12)10-8;1-4-5-6(2,3)7;1-2-3-7(4,5)6/h1-2,4-7H,3H2,(H,10,11,12);4-5,7H2,1-3H3;2-3H2,1H3,(H,4,5,6). The SMILES string of the molecule is CCCC(C)(C)N.CCCS(=O)(=O)O.O=C1NC(=O)C2C3C=CC(C3)C12. The van der Waals surface area contributed by atoms with Gasteiger partial charge in [-0.3, -0.25) is 19.5 Å². The molecule has 0 aromatic carbocycles. The molecule has 0 spiro atoms. The van der Waals surface area contributed by atoms with Crippen molar-refractivity contribution in [3.8, 4) is 0 Å². The van der Waals surface area contributed by atoms with Gasteiger partial charge in [0.05, 0.1) is 17.6 Å². The molecule has 3 rings (SSSR count). The number of carbonyl (C=O) groups excluding carboxylic acids is 2. The third-order valence-corrected chi connectivity index (χ3v) is 5.59. The Morgan fingerprint density at radius 3 is 1.81 bits per heavy atom. The lowest BCUT2D eigenvalue weighted by Gasteiger charge is -2.15. The summed E-state index contributed by atoms with van der Waals surface area (Å²) in [6.45, 7) is 7.94.